The second kappa shape index (κ2) is 5.63. The summed E-state index contributed by atoms with van der Waals surface area (Å²) in [6, 6.07) is -0.262. The molecule has 1 rings (SSSR count). The van der Waals surface area contributed by atoms with E-state index in [1.807, 2.05) is 0 Å². The van der Waals surface area contributed by atoms with Gasteiger partial charge in [0.2, 0.25) is 0 Å². The lowest BCUT2D eigenvalue weighted by molar-refractivity contribution is 0.0487. The molecule has 0 bridgehead atoms. The maximum atomic E-state index is 11.5. The number of carbonyl (C=O) groups excluding carboxylic acids is 1. The number of nitrogens with zero attached hydrogens (tertiary/aromatic N) is 1. The Hall–Kier alpha value is -0.530. The van der Waals surface area contributed by atoms with Gasteiger partial charge in [0.1, 0.15) is 5.60 Å². The van der Waals surface area contributed by atoms with Crippen LogP contribution in [0.4, 0.5) is 4.79 Å². The van der Waals surface area contributed by atoms with Crippen LogP contribution in [0.1, 0.15) is 33.6 Å². The van der Waals surface area contributed by atoms with Crippen LogP contribution in [0.25, 0.3) is 0 Å². The number of carbonyl (C=O) groups is 1. The third kappa shape index (κ3) is 5.41. The van der Waals surface area contributed by atoms with Gasteiger partial charge in [0.25, 0.3) is 9.24 Å². The topological polar surface area (TPSA) is 75.7 Å². The lowest BCUT2D eigenvalue weighted by Crippen LogP contribution is -2.49. The first-order valence-corrected chi connectivity index (χ1v) is 8.04. The minimum atomic E-state index is -3.72. The number of piperidine rings is 1. The van der Waals surface area contributed by atoms with Crippen molar-refractivity contribution in [1.82, 2.24) is 9.62 Å². The molecular weight excluding hydrogens is 280 g/mol. The zero-order valence-corrected chi connectivity index (χ0v) is 12.3. The highest BCUT2D eigenvalue weighted by Crippen LogP contribution is 2.17. The van der Waals surface area contributed by atoms with Crippen LogP contribution >= 0.6 is 10.7 Å². The van der Waals surface area contributed by atoms with Crippen LogP contribution in [0.3, 0.4) is 0 Å². The van der Waals surface area contributed by atoms with Gasteiger partial charge in [-0.1, -0.05) is 0 Å². The van der Waals surface area contributed by atoms with Crippen molar-refractivity contribution in [3.8, 4) is 0 Å². The number of rotatable bonds is 2. The third-order valence-electron chi connectivity index (χ3n) is 2.41. The van der Waals surface area contributed by atoms with Crippen LogP contribution in [0, 0.1) is 0 Å². The fourth-order valence-corrected chi connectivity index (χ4v) is 2.81. The van der Waals surface area contributed by atoms with Crippen LogP contribution in [0.15, 0.2) is 0 Å². The predicted octanol–water partition coefficient (Wildman–Crippen LogP) is 1.46. The molecule has 1 aliphatic rings. The molecular formula is C10H19ClN2O4S. The number of hydrogen-bond acceptors (Lipinski definition) is 4. The number of ether oxygens (including phenoxy) is 1. The highest BCUT2D eigenvalue weighted by atomic mass is 35.7. The van der Waals surface area contributed by atoms with E-state index in [1.165, 1.54) is 0 Å². The summed E-state index contributed by atoms with van der Waals surface area (Å²) in [5, 5.41) is 2.65. The minimum Gasteiger partial charge on any atom is -0.444 e. The number of alkyl carbamates (subject to hydrolysis) is 1. The van der Waals surface area contributed by atoms with Gasteiger partial charge in [0.15, 0.2) is 0 Å². The average Bonchev–Trinajstić information content (AvgIpc) is 2.13. The highest BCUT2D eigenvalue weighted by molar-refractivity contribution is 8.11. The van der Waals surface area contributed by atoms with Crippen LogP contribution in [0.2, 0.25) is 0 Å². The maximum absolute atomic E-state index is 11.5. The molecule has 1 heterocycles. The SMILES string of the molecule is CC(C)(C)OC(=O)NC1CCCN(S(=O)(=O)Cl)C1. The second-order valence-corrected chi connectivity index (χ2v) is 7.80. The molecule has 1 N–H and O–H groups in total. The lowest BCUT2D eigenvalue weighted by atomic mass is 10.1. The summed E-state index contributed by atoms with van der Waals surface area (Å²) < 4.78 is 28.7. The van der Waals surface area contributed by atoms with Crippen LogP contribution in [0.5, 0.6) is 0 Å². The molecule has 0 saturated carbocycles. The summed E-state index contributed by atoms with van der Waals surface area (Å²) in [6.07, 6.45) is 0.829. The summed E-state index contributed by atoms with van der Waals surface area (Å²) in [6.45, 7) is 5.87. The second-order valence-electron chi connectivity index (χ2n) is 5.29. The molecule has 6 nitrogen and oxygen atoms in total. The normalized spacial score (nSPS) is 22.6. The first kappa shape index (κ1) is 15.5. The van der Waals surface area contributed by atoms with Gasteiger partial charge in [-0.3, -0.25) is 0 Å². The van der Waals surface area contributed by atoms with Crippen molar-refractivity contribution < 1.29 is 17.9 Å². The van der Waals surface area contributed by atoms with Gasteiger partial charge in [-0.2, -0.15) is 12.7 Å². The fraction of sp³-hybridized carbons (Fsp3) is 0.900. The molecule has 0 aromatic rings. The monoisotopic (exact) mass is 298 g/mol. The Balaban J connectivity index is 2.51. The molecule has 0 radical (unpaired) electrons. The number of halogens is 1. The smallest absolute Gasteiger partial charge is 0.407 e. The van der Waals surface area contributed by atoms with Gasteiger partial charge < -0.3 is 10.1 Å². The molecule has 18 heavy (non-hydrogen) atoms. The Morgan fingerprint density at radius 1 is 1.44 bits per heavy atom. The Bertz CT molecular complexity index is 405. The lowest BCUT2D eigenvalue weighted by Gasteiger charge is -2.31. The zero-order valence-electron chi connectivity index (χ0n) is 10.8. The molecule has 1 saturated heterocycles. The molecule has 8 heteroatoms. The van der Waals surface area contributed by atoms with Crippen molar-refractivity contribution >= 4 is 26.0 Å². The van der Waals surface area contributed by atoms with Gasteiger partial charge >= 0.3 is 6.09 Å². The summed E-state index contributed by atoms with van der Waals surface area (Å²) in [5.41, 5.74) is -0.572. The van der Waals surface area contributed by atoms with Crippen LogP contribution in [-0.2, 0) is 14.0 Å². The summed E-state index contributed by atoms with van der Waals surface area (Å²) >= 11 is 0. The molecule has 1 aliphatic heterocycles. The van der Waals surface area contributed by atoms with Crippen molar-refractivity contribution in [2.24, 2.45) is 0 Å². The highest BCUT2D eigenvalue weighted by Gasteiger charge is 2.29. The fourth-order valence-electron chi connectivity index (χ4n) is 1.73. The van der Waals surface area contributed by atoms with Gasteiger partial charge in [0.05, 0.1) is 0 Å². The molecule has 106 valence electrons. The van der Waals surface area contributed by atoms with E-state index in [-0.39, 0.29) is 12.6 Å². The summed E-state index contributed by atoms with van der Waals surface area (Å²) in [4.78, 5) is 11.5. The van der Waals surface area contributed by atoms with Gasteiger partial charge in [-0.05, 0) is 33.6 Å². The molecule has 0 spiro atoms. The average molecular weight is 299 g/mol. The quantitative estimate of drug-likeness (QED) is 0.783. The molecule has 0 aromatic carbocycles. The Labute approximate surface area is 112 Å². The molecule has 0 aromatic heterocycles. The Morgan fingerprint density at radius 2 is 2.06 bits per heavy atom. The number of amides is 1. The Morgan fingerprint density at radius 3 is 2.56 bits per heavy atom. The predicted molar refractivity (Wildman–Crippen MR) is 68.7 cm³/mol. The van der Waals surface area contributed by atoms with E-state index in [1.54, 1.807) is 20.8 Å². The first-order valence-electron chi connectivity index (χ1n) is 5.77. The first-order chi connectivity index (χ1) is 8.08. The third-order valence-corrected chi connectivity index (χ3v) is 3.95. The van der Waals surface area contributed by atoms with Gasteiger partial charge in [-0.15, -0.1) is 0 Å². The van der Waals surface area contributed by atoms with Crippen molar-refractivity contribution in [1.29, 1.82) is 0 Å². The van der Waals surface area contributed by atoms with Crippen molar-refractivity contribution in [2.45, 2.75) is 45.3 Å². The van der Waals surface area contributed by atoms with E-state index in [0.29, 0.717) is 19.4 Å². The molecule has 1 fully saturated rings. The van der Waals surface area contributed by atoms with Crippen LogP contribution < -0.4 is 5.32 Å². The van der Waals surface area contributed by atoms with Gasteiger partial charge in [-0.25, -0.2) is 4.79 Å². The van der Waals surface area contributed by atoms with Crippen molar-refractivity contribution in [3.63, 3.8) is 0 Å². The molecule has 1 amide bonds. The van der Waals surface area contributed by atoms with E-state index < -0.39 is 20.9 Å². The van der Waals surface area contributed by atoms with Crippen molar-refractivity contribution in [2.75, 3.05) is 13.1 Å². The summed E-state index contributed by atoms with van der Waals surface area (Å²) in [5.74, 6) is 0. The Kier molecular flexibility index (Phi) is 4.85. The van der Waals surface area contributed by atoms with E-state index in [2.05, 4.69) is 5.32 Å². The number of hydrogen-bond donors (Lipinski definition) is 1. The minimum absolute atomic E-state index is 0.186. The standard InChI is InChI=1S/C10H19ClN2O4S/c1-10(2,3)17-9(14)12-8-5-4-6-13(7-8)18(11,15)16/h8H,4-7H2,1-3H3,(H,12,14). The van der Waals surface area contributed by atoms with Gasteiger partial charge in [0, 0.05) is 29.8 Å². The zero-order chi connectivity index (χ0) is 14.0. The number of nitrogens with one attached hydrogen (secondary N) is 1. The van der Waals surface area contributed by atoms with E-state index in [0.717, 1.165) is 4.31 Å². The summed E-state index contributed by atoms with van der Waals surface area (Å²) in [7, 11) is 1.56. The molecule has 1 unspecified atom stereocenters. The van der Waals surface area contributed by atoms with E-state index in [9.17, 15) is 13.2 Å². The van der Waals surface area contributed by atoms with Crippen molar-refractivity contribution in [3.05, 3.63) is 0 Å². The van der Waals surface area contributed by atoms with Crippen LogP contribution in [-0.4, -0.2) is 43.5 Å². The molecule has 1 atom stereocenters. The van der Waals surface area contributed by atoms with E-state index in [4.69, 9.17) is 15.4 Å². The maximum Gasteiger partial charge on any atom is 0.407 e. The largest absolute Gasteiger partial charge is 0.444 e. The molecule has 0 aliphatic carbocycles. The van der Waals surface area contributed by atoms with E-state index >= 15 is 0 Å².